The quantitative estimate of drug-likeness (QED) is 0.314. The van der Waals surface area contributed by atoms with Crippen LogP contribution in [0.1, 0.15) is 43.4 Å². The predicted octanol–water partition coefficient (Wildman–Crippen LogP) is 5.78. The summed E-state index contributed by atoms with van der Waals surface area (Å²) in [7, 11) is 0.0374. The molecule has 1 saturated heterocycles. The molecule has 0 radical (unpaired) electrons. The SMILES string of the molecule is Cc1cc(-c2nc(C(=O)Nc3cc4cnn(C)c4cc3N3CCC(O[Si](C)(C)C(C)(C)C)C3)co2)ccn1. The number of carbonyl (C=O) groups is 1. The number of hydrogen-bond acceptors (Lipinski definition) is 7. The number of nitrogens with one attached hydrogen (secondary N) is 1. The lowest BCUT2D eigenvalue weighted by Gasteiger charge is -2.38. The van der Waals surface area contributed by atoms with Crippen molar-refractivity contribution in [2.24, 2.45) is 7.05 Å². The third kappa shape index (κ3) is 5.10. The van der Waals surface area contributed by atoms with Crippen molar-refractivity contribution in [1.82, 2.24) is 19.7 Å². The van der Waals surface area contributed by atoms with E-state index in [-0.39, 0.29) is 22.7 Å². The van der Waals surface area contributed by atoms with Crippen LogP contribution in [-0.2, 0) is 11.5 Å². The molecule has 4 heterocycles. The number of rotatable bonds is 6. The van der Waals surface area contributed by atoms with Gasteiger partial charge in [-0.25, -0.2) is 4.98 Å². The Kier molecular flexibility index (Phi) is 6.64. The monoisotopic (exact) mass is 532 g/mol. The van der Waals surface area contributed by atoms with E-state index < -0.39 is 8.32 Å². The largest absolute Gasteiger partial charge is 0.444 e. The van der Waals surface area contributed by atoms with Crippen molar-refractivity contribution < 1.29 is 13.6 Å². The van der Waals surface area contributed by atoms with Crippen LogP contribution in [0.15, 0.2) is 47.3 Å². The lowest BCUT2D eigenvalue weighted by molar-refractivity contribution is 0.102. The molecule has 1 unspecified atom stereocenters. The van der Waals surface area contributed by atoms with Crippen molar-refractivity contribution in [2.75, 3.05) is 23.3 Å². The van der Waals surface area contributed by atoms with Crippen LogP contribution in [0.2, 0.25) is 18.1 Å². The number of benzene rings is 1. The molecule has 3 aromatic heterocycles. The Morgan fingerprint density at radius 3 is 2.76 bits per heavy atom. The van der Waals surface area contributed by atoms with Crippen molar-refractivity contribution in [1.29, 1.82) is 0 Å². The minimum atomic E-state index is -1.89. The molecule has 1 aliphatic rings. The Morgan fingerprint density at radius 1 is 1.24 bits per heavy atom. The maximum absolute atomic E-state index is 13.3. The molecule has 9 nitrogen and oxygen atoms in total. The van der Waals surface area contributed by atoms with Crippen molar-refractivity contribution in [2.45, 2.75) is 58.4 Å². The number of oxazole rings is 1. The molecule has 5 rings (SSSR count). The second kappa shape index (κ2) is 9.67. The fourth-order valence-corrected chi connectivity index (χ4v) is 5.94. The van der Waals surface area contributed by atoms with E-state index in [0.717, 1.165) is 47.4 Å². The summed E-state index contributed by atoms with van der Waals surface area (Å²) in [5, 5.41) is 8.60. The Balaban J connectivity index is 1.40. The standard InChI is InChI=1S/C28H36N6O3Si/c1-18-12-19(8-10-29-18)27-32-23(17-36-27)26(35)31-22-13-20-15-30-33(5)24(20)14-25(22)34-11-9-21(16-34)37-38(6,7)28(2,3)4/h8,10,12-15,17,21H,9,11,16H2,1-7H3,(H,31,35). The molecule has 0 bridgehead atoms. The summed E-state index contributed by atoms with van der Waals surface area (Å²) in [6, 6.07) is 7.76. The zero-order valence-electron chi connectivity index (χ0n) is 23.2. The summed E-state index contributed by atoms with van der Waals surface area (Å²) in [4.78, 5) is 24.2. The van der Waals surface area contributed by atoms with Gasteiger partial charge in [-0.15, -0.1) is 0 Å². The first-order valence-electron chi connectivity index (χ1n) is 13.0. The number of nitrogens with zero attached hydrogens (tertiary/aromatic N) is 5. The Labute approximate surface area is 224 Å². The van der Waals surface area contributed by atoms with Crippen LogP contribution in [0.5, 0.6) is 0 Å². The molecule has 1 aliphatic heterocycles. The van der Waals surface area contributed by atoms with Gasteiger partial charge in [0.05, 0.1) is 29.2 Å². The molecule has 1 atom stereocenters. The molecule has 38 heavy (non-hydrogen) atoms. The van der Waals surface area contributed by atoms with E-state index in [1.165, 1.54) is 6.26 Å². The van der Waals surface area contributed by atoms with Crippen molar-refractivity contribution in [3.8, 4) is 11.5 Å². The average molecular weight is 533 g/mol. The van der Waals surface area contributed by atoms with Gasteiger partial charge < -0.3 is 19.1 Å². The van der Waals surface area contributed by atoms with E-state index >= 15 is 0 Å². The lowest BCUT2D eigenvalue weighted by atomic mass is 10.1. The molecule has 1 amide bonds. The number of hydrogen-bond donors (Lipinski definition) is 1. The van der Waals surface area contributed by atoms with Gasteiger partial charge in [-0.05, 0) is 55.7 Å². The summed E-state index contributed by atoms with van der Waals surface area (Å²) in [5.74, 6) is 0.0530. The molecule has 4 aromatic rings. The number of anilines is 2. The zero-order chi connectivity index (χ0) is 27.2. The zero-order valence-corrected chi connectivity index (χ0v) is 24.2. The average Bonchev–Trinajstić information content (AvgIpc) is 3.58. The van der Waals surface area contributed by atoms with Crippen LogP contribution in [-0.4, -0.2) is 53.2 Å². The topological polar surface area (TPSA) is 98.3 Å². The maximum Gasteiger partial charge on any atom is 0.277 e. The van der Waals surface area contributed by atoms with Crippen molar-refractivity contribution >= 4 is 36.5 Å². The van der Waals surface area contributed by atoms with E-state index in [0.29, 0.717) is 11.6 Å². The van der Waals surface area contributed by atoms with Gasteiger partial charge in [-0.1, -0.05) is 20.8 Å². The van der Waals surface area contributed by atoms with Gasteiger partial charge >= 0.3 is 0 Å². The van der Waals surface area contributed by atoms with Gasteiger partial charge in [0.15, 0.2) is 14.0 Å². The highest BCUT2D eigenvalue weighted by Crippen LogP contribution is 2.40. The van der Waals surface area contributed by atoms with Gasteiger partial charge in [-0.3, -0.25) is 14.5 Å². The number of aromatic nitrogens is 4. The van der Waals surface area contributed by atoms with Crippen molar-refractivity contribution in [3.63, 3.8) is 0 Å². The van der Waals surface area contributed by atoms with E-state index in [2.05, 4.69) is 65.2 Å². The van der Waals surface area contributed by atoms with Crippen LogP contribution >= 0.6 is 0 Å². The van der Waals surface area contributed by atoms with Gasteiger partial charge in [0.1, 0.15) is 6.26 Å². The Hall–Kier alpha value is -3.50. The fourth-order valence-electron chi connectivity index (χ4n) is 4.56. The van der Waals surface area contributed by atoms with E-state index in [1.54, 1.807) is 6.20 Å². The Morgan fingerprint density at radius 2 is 2.03 bits per heavy atom. The summed E-state index contributed by atoms with van der Waals surface area (Å²) < 4.78 is 14.2. The summed E-state index contributed by atoms with van der Waals surface area (Å²) in [6.45, 7) is 14.9. The molecule has 10 heteroatoms. The molecule has 1 aromatic carbocycles. The molecule has 0 saturated carbocycles. The molecular formula is C28H36N6O3Si. The summed E-state index contributed by atoms with van der Waals surface area (Å²) in [5.41, 5.74) is 4.51. The number of amides is 1. The van der Waals surface area contributed by atoms with Crippen LogP contribution in [0.4, 0.5) is 11.4 Å². The minimum Gasteiger partial charge on any atom is -0.444 e. The van der Waals surface area contributed by atoms with Crippen LogP contribution < -0.4 is 10.2 Å². The summed E-state index contributed by atoms with van der Waals surface area (Å²) in [6.07, 6.45) is 6.00. The number of pyridine rings is 1. The molecule has 0 aliphatic carbocycles. The summed E-state index contributed by atoms with van der Waals surface area (Å²) >= 11 is 0. The third-order valence-corrected chi connectivity index (χ3v) is 12.3. The second-order valence-corrected chi connectivity index (χ2v) is 16.4. The first-order chi connectivity index (χ1) is 17.9. The van der Waals surface area contributed by atoms with Gasteiger partial charge in [0.25, 0.3) is 5.91 Å². The van der Waals surface area contributed by atoms with Crippen LogP contribution in [0, 0.1) is 6.92 Å². The van der Waals surface area contributed by atoms with E-state index in [1.807, 2.05) is 43.0 Å². The smallest absolute Gasteiger partial charge is 0.277 e. The second-order valence-electron chi connectivity index (χ2n) is 11.6. The minimum absolute atomic E-state index is 0.151. The molecule has 0 spiro atoms. The number of fused-ring (bicyclic) bond motifs is 1. The number of carbonyl (C=O) groups excluding carboxylic acids is 1. The van der Waals surface area contributed by atoms with E-state index in [9.17, 15) is 4.79 Å². The third-order valence-electron chi connectivity index (χ3n) is 7.75. The van der Waals surface area contributed by atoms with E-state index in [4.69, 9.17) is 8.84 Å². The highest BCUT2D eigenvalue weighted by molar-refractivity contribution is 6.74. The van der Waals surface area contributed by atoms with Gasteiger partial charge in [-0.2, -0.15) is 5.10 Å². The first-order valence-corrected chi connectivity index (χ1v) is 15.9. The highest BCUT2D eigenvalue weighted by atomic mass is 28.4. The molecule has 1 N–H and O–H groups in total. The maximum atomic E-state index is 13.3. The Bertz CT molecular complexity index is 1490. The van der Waals surface area contributed by atoms with Crippen molar-refractivity contribution in [3.05, 3.63) is 54.3 Å². The normalized spacial score (nSPS) is 16.4. The molecular weight excluding hydrogens is 496 g/mol. The molecule has 200 valence electrons. The lowest BCUT2D eigenvalue weighted by Crippen LogP contribution is -2.44. The van der Waals surface area contributed by atoms with Gasteiger partial charge in [0.2, 0.25) is 5.89 Å². The predicted molar refractivity (Wildman–Crippen MR) is 152 cm³/mol. The number of aryl methyl sites for hydroxylation is 2. The van der Waals surface area contributed by atoms with Gasteiger partial charge in [0, 0.05) is 43.0 Å². The first kappa shape index (κ1) is 26.1. The fraction of sp³-hybridized carbons (Fsp3) is 0.429. The van der Waals surface area contributed by atoms with Crippen LogP contribution in [0.25, 0.3) is 22.4 Å². The molecule has 1 fully saturated rings. The van der Waals surface area contributed by atoms with Crippen LogP contribution in [0.3, 0.4) is 0 Å². The highest BCUT2D eigenvalue weighted by Gasteiger charge is 2.40.